The molecule has 19 heavy (non-hydrogen) atoms. The quantitative estimate of drug-likeness (QED) is 0.438. The highest BCUT2D eigenvalue weighted by Gasteiger charge is 1.81. The lowest BCUT2D eigenvalue weighted by atomic mass is 10.2. The molecular formula is C18H42O. The molecule has 0 aromatic heterocycles. The van der Waals surface area contributed by atoms with Crippen LogP contribution in [-0.2, 0) is 0 Å². The van der Waals surface area contributed by atoms with Crippen molar-refractivity contribution in [2.75, 3.05) is 6.61 Å². The van der Waals surface area contributed by atoms with Gasteiger partial charge in [-0.2, -0.15) is 0 Å². The van der Waals surface area contributed by atoms with Gasteiger partial charge in [0.05, 0.1) is 0 Å². The molecule has 0 amide bonds. The van der Waals surface area contributed by atoms with Crippen LogP contribution in [0.5, 0.6) is 0 Å². The highest BCUT2D eigenvalue weighted by Crippen LogP contribution is 1.96. The summed E-state index contributed by atoms with van der Waals surface area (Å²) in [6, 6.07) is 0. The summed E-state index contributed by atoms with van der Waals surface area (Å²) in [5.74, 6) is 0. The fourth-order valence-electron chi connectivity index (χ4n) is 1.54. The highest BCUT2D eigenvalue weighted by atomic mass is 16.2. The van der Waals surface area contributed by atoms with Crippen molar-refractivity contribution < 1.29 is 5.11 Å². The Kier molecular flexibility index (Phi) is 38.9. The fraction of sp³-hybridized carbons (Fsp3) is 1.00. The second-order valence-corrected chi connectivity index (χ2v) is 5.20. The van der Waals surface area contributed by atoms with Gasteiger partial charge in [0, 0.05) is 6.61 Å². The average Bonchev–Trinajstić information content (AvgIpc) is 2.45. The molecule has 0 saturated heterocycles. The zero-order chi connectivity index (χ0) is 15.2. The van der Waals surface area contributed by atoms with Crippen LogP contribution in [0.4, 0.5) is 0 Å². The molecule has 120 valence electrons. The number of rotatable bonds is 10. The first-order chi connectivity index (χ1) is 9.24. The molecule has 0 aromatic rings. The summed E-state index contributed by atoms with van der Waals surface area (Å²) in [5, 5.41) is 8.29. The van der Waals surface area contributed by atoms with Gasteiger partial charge in [-0.05, 0) is 6.42 Å². The van der Waals surface area contributed by atoms with E-state index in [9.17, 15) is 0 Å². The van der Waals surface area contributed by atoms with E-state index in [4.69, 9.17) is 5.11 Å². The largest absolute Gasteiger partial charge is 0.396 e. The Labute approximate surface area is 124 Å². The predicted octanol–water partition coefficient (Wildman–Crippen LogP) is 6.73. The van der Waals surface area contributed by atoms with Crippen LogP contribution in [0, 0.1) is 0 Å². The summed E-state index contributed by atoms with van der Waals surface area (Å²) >= 11 is 0. The molecule has 0 rings (SSSR count). The van der Waals surface area contributed by atoms with Crippen LogP contribution in [0.2, 0.25) is 0 Å². The Balaban J connectivity index is -0.000000203. The summed E-state index contributed by atoms with van der Waals surface area (Å²) < 4.78 is 0. The van der Waals surface area contributed by atoms with Crippen molar-refractivity contribution in [1.82, 2.24) is 0 Å². The Morgan fingerprint density at radius 3 is 0.895 bits per heavy atom. The Bertz CT molecular complexity index is 81.9. The van der Waals surface area contributed by atoms with Crippen molar-refractivity contribution >= 4 is 0 Å². The minimum absolute atomic E-state index is 0.361. The number of aliphatic hydroxyl groups excluding tert-OH is 1. The Hall–Kier alpha value is -0.0400. The molecule has 1 heteroatoms. The third-order valence-corrected chi connectivity index (χ3v) is 2.93. The molecule has 0 fully saturated rings. The monoisotopic (exact) mass is 274 g/mol. The third-order valence-electron chi connectivity index (χ3n) is 2.93. The van der Waals surface area contributed by atoms with Gasteiger partial charge in [0.2, 0.25) is 0 Å². The summed E-state index contributed by atoms with van der Waals surface area (Å²) in [4.78, 5) is 0. The van der Waals surface area contributed by atoms with Crippen molar-refractivity contribution in [3.05, 3.63) is 0 Å². The van der Waals surface area contributed by atoms with Gasteiger partial charge in [-0.25, -0.2) is 0 Å². The fourth-order valence-corrected chi connectivity index (χ4v) is 1.54. The molecule has 0 aromatic carbocycles. The molecule has 0 atom stereocenters. The second kappa shape index (κ2) is 30.8. The molecular weight excluding hydrogens is 232 g/mol. The maximum Gasteiger partial charge on any atom is 0.0431 e. The van der Waals surface area contributed by atoms with Crippen LogP contribution < -0.4 is 0 Å². The van der Waals surface area contributed by atoms with E-state index in [0.717, 1.165) is 6.42 Å². The summed E-state index contributed by atoms with van der Waals surface area (Å²) in [6.45, 7) is 11.5. The molecule has 1 N–H and O–H groups in total. The summed E-state index contributed by atoms with van der Waals surface area (Å²) in [5.41, 5.74) is 0. The van der Waals surface area contributed by atoms with Crippen LogP contribution in [0.3, 0.4) is 0 Å². The van der Waals surface area contributed by atoms with Crippen LogP contribution in [-0.4, -0.2) is 11.7 Å². The standard InChI is InChI=1S/C6H14O.2C6H14/c1-2-3-4-5-6-7;2*1-3-5-6-4-2/h7H,2-6H2,1H3;2*3-6H2,1-2H3. The van der Waals surface area contributed by atoms with Crippen molar-refractivity contribution in [3.63, 3.8) is 0 Å². The van der Waals surface area contributed by atoms with Gasteiger partial charge >= 0.3 is 0 Å². The normalized spacial score (nSPS) is 9.16. The molecule has 0 aliphatic carbocycles. The number of aliphatic hydroxyl groups is 1. The first-order valence-corrected chi connectivity index (χ1v) is 8.85. The first kappa shape index (κ1) is 24.0. The van der Waals surface area contributed by atoms with Crippen LogP contribution >= 0.6 is 0 Å². The van der Waals surface area contributed by atoms with Gasteiger partial charge in [-0.15, -0.1) is 0 Å². The van der Waals surface area contributed by atoms with Gasteiger partial charge < -0.3 is 5.11 Å². The van der Waals surface area contributed by atoms with Gasteiger partial charge in [-0.1, -0.05) is 105 Å². The van der Waals surface area contributed by atoms with Crippen LogP contribution in [0.1, 0.15) is 112 Å². The Morgan fingerprint density at radius 2 is 0.684 bits per heavy atom. The van der Waals surface area contributed by atoms with Crippen molar-refractivity contribution in [2.24, 2.45) is 0 Å². The lowest BCUT2D eigenvalue weighted by molar-refractivity contribution is 0.283. The number of hydrogen-bond donors (Lipinski definition) is 1. The molecule has 1 nitrogen and oxygen atoms in total. The van der Waals surface area contributed by atoms with E-state index in [0.29, 0.717) is 6.61 Å². The molecule has 0 bridgehead atoms. The maximum atomic E-state index is 8.29. The predicted molar refractivity (Wildman–Crippen MR) is 90.9 cm³/mol. The highest BCUT2D eigenvalue weighted by molar-refractivity contribution is 4.35. The summed E-state index contributed by atoms with van der Waals surface area (Å²) in [7, 11) is 0. The zero-order valence-corrected chi connectivity index (χ0v) is 14.6. The number of hydrogen-bond acceptors (Lipinski definition) is 1. The second-order valence-electron chi connectivity index (χ2n) is 5.20. The van der Waals surface area contributed by atoms with Gasteiger partial charge in [0.1, 0.15) is 0 Å². The zero-order valence-electron chi connectivity index (χ0n) is 14.6. The Morgan fingerprint density at radius 1 is 0.421 bits per heavy atom. The average molecular weight is 275 g/mol. The van der Waals surface area contributed by atoms with E-state index in [1.807, 2.05) is 0 Å². The third kappa shape index (κ3) is 46.1. The van der Waals surface area contributed by atoms with E-state index in [1.54, 1.807) is 0 Å². The van der Waals surface area contributed by atoms with Gasteiger partial charge in [0.25, 0.3) is 0 Å². The van der Waals surface area contributed by atoms with E-state index >= 15 is 0 Å². The SMILES string of the molecule is CCCCCC.CCCCCC.CCCCCCO. The smallest absolute Gasteiger partial charge is 0.0431 e. The molecule has 0 spiro atoms. The van der Waals surface area contributed by atoms with E-state index in [-0.39, 0.29) is 0 Å². The maximum absolute atomic E-state index is 8.29. The van der Waals surface area contributed by atoms with E-state index in [1.165, 1.54) is 70.6 Å². The first-order valence-electron chi connectivity index (χ1n) is 8.85. The molecule has 0 heterocycles. The minimum atomic E-state index is 0.361. The molecule has 0 saturated carbocycles. The molecule has 0 aliphatic heterocycles. The van der Waals surface area contributed by atoms with E-state index in [2.05, 4.69) is 34.6 Å². The number of unbranched alkanes of at least 4 members (excludes halogenated alkanes) is 9. The van der Waals surface area contributed by atoms with Crippen LogP contribution in [0.15, 0.2) is 0 Å². The van der Waals surface area contributed by atoms with Crippen molar-refractivity contribution in [3.8, 4) is 0 Å². The van der Waals surface area contributed by atoms with Gasteiger partial charge in [0.15, 0.2) is 0 Å². The lowest BCUT2D eigenvalue weighted by Crippen LogP contribution is -1.80. The van der Waals surface area contributed by atoms with E-state index < -0.39 is 0 Å². The van der Waals surface area contributed by atoms with Gasteiger partial charge in [-0.3, -0.25) is 0 Å². The van der Waals surface area contributed by atoms with Crippen molar-refractivity contribution in [2.45, 2.75) is 112 Å². The summed E-state index contributed by atoms with van der Waals surface area (Å²) in [6.07, 6.45) is 15.8. The molecule has 0 aliphatic rings. The topological polar surface area (TPSA) is 20.2 Å². The molecule has 0 radical (unpaired) electrons. The van der Waals surface area contributed by atoms with Crippen molar-refractivity contribution in [1.29, 1.82) is 0 Å². The van der Waals surface area contributed by atoms with Crippen LogP contribution in [0.25, 0.3) is 0 Å². The molecule has 0 unspecified atom stereocenters. The minimum Gasteiger partial charge on any atom is -0.396 e. The lowest BCUT2D eigenvalue weighted by Gasteiger charge is -1.90.